The van der Waals surface area contributed by atoms with Crippen LogP contribution in [0.4, 0.5) is 0 Å². The monoisotopic (exact) mass is 285 g/mol. The van der Waals surface area contributed by atoms with Gasteiger partial charge in [-0.05, 0) is 31.1 Å². The van der Waals surface area contributed by atoms with Gasteiger partial charge in [-0.3, -0.25) is 4.98 Å². The molecule has 4 heteroatoms. The van der Waals surface area contributed by atoms with Crippen LogP contribution < -0.4 is 4.98 Å². The quantitative estimate of drug-likeness (QED) is 0.783. The summed E-state index contributed by atoms with van der Waals surface area (Å²) in [5, 5.41) is 0. The van der Waals surface area contributed by atoms with Gasteiger partial charge in [-0.2, -0.15) is 0 Å². The first-order valence-corrected chi connectivity index (χ1v) is 9.90. The third kappa shape index (κ3) is 3.23. The minimum Gasteiger partial charge on any atom is -0.386 e. The molecule has 0 radical (unpaired) electrons. The predicted molar refractivity (Wildman–Crippen MR) is 81.1 cm³/mol. The fraction of sp³-hybridized carbons (Fsp3) is 1.00. The Morgan fingerprint density at radius 1 is 0.842 bits per heavy atom. The molecule has 0 bridgehead atoms. The van der Waals surface area contributed by atoms with Crippen molar-refractivity contribution in [3.8, 4) is 0 Å². The molecule has 0 aromatic carbocycles. The number of nitrogens with one attached hydrogen (secondary N) is 1. The zero-order valence-electron chi connectivity index (χ0n) is 13.1. The van der Waals surface area contributed by atoms with Crippen LogP contribution in [0.3, 0.4) is 0 Å². The first-order valence-electron chi connectivity index (χ1n) is 8.01. The van der Waals surface area contributed by atoms with E-state index in [1.165, 1.54) is 44.9 Å². The Bertz CT molecular complexity index is 283. The third-order valence-electron chi connectivity index (χ3n) is 5.45. The summed E-state index contributed by atoms with van der Waals surface area (Å²) in [6, 6.07) is 0.591. The van der Waals surface area contributed by atoms with Gasteiger partial charge in [0.1, 0.15) is 0 Å². The van der Waals surface area contributed by atoms with Crippen LogP contribution in [0.25, 0.3) is 0 Å². The lowest BCUT2D eigenvalue weighted by molar-refractivity contribution is 0.182. The molecule has 0 spiro atoms. The van der Waals surface area contributed by atoms with Gasteiger partial charge in [-0.15, -0.1) is 0 Å². The highest BCUT2D eigenvalue weighted by Crippen LogP contribution is 2.43. The molecule has 0 aromatic heterocycles. The molecule has 0 heterocycles. The topological polar surface area (TPSA) is 30.5 Å². The van der Waals surface area contributed by atoms with Crippen LogP contribution in [0.1, 0.15) is 58.8 Å². The number of hydrogen-bond acceptors (Lipinski definition) is 3. The predicted octanol–water partition coefficient (Wildman–Crippen LogP) is 3.58. The van der Waals surface area contributed by atoms with Crippen molar-refractivity contribution in [2.24, 2.45) is 11.8 Å². The van der Waals surface area contributed by atoms with Gasteiger partial charge in [0.15, 0.2) is 0 Å². The zero-order chi connectivity index (χ0) is 13.9. The Hall–Kier alpha value is 0.0969. The lowest BCUT2D eigenvalue weighted by atomic mass is 9.87. The van der Waals surface area contributed by atoms with Gasteiger partial charge >= 0.3 is 8.72 Å². The third-order valence-corrected chi connectivity index (χ3v) is 9.27. The van der Waals surface area contributed by atoms with E-state index in [0.717, 1.165) is 11.8 Å². The van der Waals surface area contributed by atoms with E-state index < -0.39 is 8.72 Å². The Morgan fingerprint density at radius 2 is 1.47 bits per heavy atom. The Kier molecular flexibility index (Phi) is 5.46. The average Bonchev–Trinajstić information content (AvgIpc) is 2.85. The van der Waals surface area contributed by atoms with Crippen LogP contribution in [0, 0.1) is 11.8 Å². The van der Waals surface area contributed by atoms with E-state index in [4.69, 9.17) is 8.85 Å². The number of hydrogen-bond donors (Lipinski definition) is 1. The molecule has 112 valence electrons. The van der Waals surface area contributed by atoms with Crippen molar-refractivity contribution in [2.45, 2.75) is 70.4 Å². The summed E-state index contributed by atoms with van der Waals surface area (Å²) in [6.07, 6.45) is 9.28. The van der Waals surface area contributed by atoms with Crippen molar-refractivity contribution in [3.05, 3.63) is 0 Å². The normalized spacial score (nSPS) is 36.6. The van der Waals surface area contributed by atoms with Gasteiger partial charge in [-0.1, -0.05) is 39.5 Å². The maximum Gasteiger partial charge on any atom is 0.428 e. The van der Waals surface area contributed by atoms with Crippen LogP contribution in [-0.4, -0.2) is 29.0 Å². The molecule has 2 rings (SSSR count). The second-order valence-electron chi connectivity index (χ2n) is 6.60. The summed E-state index contributed by atoms with van der Waals surface area (Å²) in [6.45, 7) is 4.74. The minimum atomic E-state index is -2.25. The highest BCUT2D eigenvalue weighted by Gasteiger charge is 2.51. The molecule has 3 nitrogen and oxygen atoms in total. The van der Waals surface area contributed by atoms with E-state index in [0.29, 0.717) is 11.6 Å². The summed E-state index contributed by atoms with van der Waals surface area (Å²) >= 11 is 0. The second-order valence-corrected chi connectivity index (χ2v) is 9.78. The largest absolute Gasteiger partial charge is 0.428 e. The smallest absolute Gasteiger partial charge is 0.386 e. The molecule has 19 heavy (non-hydrogen) atoms. The van der Waals surface area contributed by atoms with E-state index in [9.17, 15) is 0 Å². The summed E-state index contributed by atoms with van der Waals surface area (Å²) in [7, 11) is 1.44. The standard InChI is InChI=1S/C15H31NO2Si/c1-12-8-5-6-10-14(12)16-19(17-3,18-4)15-11-7-9-13(15)2/h12-16H,5-11H2,1-4H3. The van der Waals surface area contributed by atoms with Gasteiger partial charge in [0.25, 0.3) is 0 Å². The van der Waals surface area contributed by atoms with Crippen LogP contribution in [0.5, 0.6) is 0 Å². The maximum atomic E-state index is 6.00. The molecule has 2 aliphatic rings. The Balaban J connectivity index is 2.09. The minimum absolute atomic E-state index is 0.591. The lowest BCUT2D eigenvalue weighted by Gasteiger charge is -2.41. The molecule has 0 saturated heterocycles. The van der Waals surface area contributed by atoms with Crippen LogP contribution in [0.15, 0.2) is 0 Å². The molecule has 2 aliphatic carbocycles. The zero-order valence-corrected chi connectivity index (χ0v) is 14.1. The van der Waals surface area contributed by atoms with E-state index in [1.807, 2.05) is 14.2 Å². The van der Waals surface area contributed by atoms with Crippen LogP contribution in [-0.2, 0) is 8.85 Å². The first-order chi connectivity index (χ1) is 9.13. The van der Waals surface area contributed by atoms with E-state index in [-0.39, 0.29) is 0 Å². The van der Waals surface area contributed by atoms with Gasteiger partial charge in [0, 0.05) is 25.8 Å². The molecular formula is C15H31NO2Si. The van der Waals surface area contributed by atoms with Crippen molar-refractivity contribution in [1.29, 1.82) is 0 Å². The molecule has 4 atom stereocenters. The summed E-state index contributed by atoms with van der Waals surface area (Å²) in [5.74, 6) is 1.49. The van der Waals surface area contributed by atoms with Crippen molar-refractivity contribution in [3.63, 3.8) is 0 Å². The van der Waals surface area contributed by atoms with E-state index in [1.54, 1.807) is 0 Å². The van der Waals surface area contributed by atoms with E-state index in [2.05, 4.69) is 18.8 Å². The summed E-state index contributed by atoms with van der Waals surface area (Å²) in [4.78, 5) is 3.89. The van der Waals surface area contributed by atoms with Gasteiger partial charge in [0.05, 0.1) is 0 Å². The maximum absolute atomic E-state index is 6.00. The molecule has 4 unspecified atom stereocenters. The van der Waals surface area contributed by atoms with Crippen molar-refractivity contribution in [2.75, 3.05) is 14.2 Å². The number of rotatable bonds is 5. The molecule has 0 aromatic rings. The van der Waals surface area contributed by atoms with E-state index >= 15 is 0 Å². The van der Waals surface area contributed by atoms with Crippen LogP contribution >= 0.6 is 0 Å². The molecule has 0 amide bonds. The fourth-order valence-electron chi connectivity index (χ4n) is 4.11. The molecule has 2 saturated carbocycles. The first kappa shape index (κ1) is 15.5. The Morgan fingerprint density at radius 3 is 2.00 bits per heavy atom. The highest BCUT2D eigenvalue weighted by molar-refractivity contribution is 6.66. The molecule has 0 aliphatic heterocycles. The van der Waals surface area contributed by atoms with Gasteiger partial charge < -0.3 is 8.85 Å². The fourth-order valence-corrected chi connectivity index (χ4v) is 7.78. The lowest BCUT2D eigenvalue weighted by Crippen LogP contribution is -2.63. The summed E-state index contributed by atoms with van der Waals surface area (Å²) in [5.41, 5.74) is 0.608. The van der Waals surface area contributed by atoms with Crippen LogP contribution in [0.2, 0.25) is 5.54 Å². The summed E-state index contributed by atoms with van der Waals surface area (Å²) < 4.78 is 12.0. The molecular weight excluding hydrogens is 254 g/mol. The highest BCUT2D eigenvalue weighted by atomic mass is 28.4. The van der Waals surface area contributed by atoms with Crippen molar-refractivity contribution >= 4 is 8.72 Å². The van der Waals surface area contributed by atoms with Crippen molar-refractivity contribution < 1.29 is 8.85 Å². The molecule has 1 N–H and O–H groups in total. The average molecular weight is 286 g/mol. The van der Waals surface area contributed by atoms with Crippen molar-refractivity contribution in [1.82, 2.24) is 4.98 Å². The Labute approximate surface area is 119 Å². The SMILES string of the molecule is CO[Si](NC1CCCCC1C)(OC)C1CCCC1C. The van der Waals surface area contributed by atoms with Gasteiger partial charge in [0.2, 0.25) is 0 Å². The second kappa shape index (κ2) is 6.70. The van der Waals surface area contributed by atoms with Gasteiger partial charge in [-0.25, -0.2) is 0 Å². The molecule has 2 fully saturated rings.